The molecule has 0 aliphatic carbocycles. The van der Waals surface area contributed by atoms with E-state index in [4.69, 9.17) is 0 Å². The lowest BCUT2D eigenvalue weighted by Crippen LogP contribution is -2.48. The van der Waals surface area contributed by atoms with Crippen LogP contribution in [0.3, 0.4) is 0 Å². The predicted molar refractivity (Wildman–Crippen MR) is 83.9 cm³/mol. The molecule has 2 aromatic carbocycles. The van der Waals surface area contributed by atoms with Crippen LogP contribution in [-0.4, -0.2) is 30.6 Å². The second-order valence-corrected chi connectivity index (χ2v) is 5.27. The Kier molecular flexibility index (Phi) is 4.81. The minimum absolute atomic E-state index is 0. The van der Waals surface area contributed by atoms with Crippen LogP contribution in [-0.2, 0) is 6.54 Å². The second-order valence-electron chi connectivity index (χ2n) is 5.27. The van der Waals surface area contributed by atoms with Crippen molar-refractivity contribution in [3.8, 4) is 0 Å². The zero-order chi connectivity index (χ0) is 12.4. The summed E-state index contributed by atoms with van der Waals surface area (Å²) in [4.78, 5) is 2.53. The van der Waals surface area contributed by atoms with Gasteiger partial charge in [-0.05, 0) is 29.3 Å². The Morgan fingerprint density at radius 2 is 1.95 bits per heavy atom. The third-order valence-electron chi connectivity index (χ3n) is 3.67. The number of nitrogens with zero attached hydrogens (tertiary/aromatic N) is 1. The van der Waals surface area contributed by atoms with Gasteiger partial charge in [-0.1, -0.05) is 36.4 Å². The van der Waals surface area contributed by atoms with E-state index in [0.717, 1.165) is 26.2 Å². The molecule has 3 heteroatoms. The molecule has 1 aliphatic heterocycles. The Labute approximate surface area is 121 Å². The highest BCUT2D eigenvalue weighted by molar-refractivity contribution is 5.85. The summed E-state index contributed by atoms with van der Waals surface area (Å²) in [5.74, 6) is 0. The molecule has 1 heterocycles. The van der Waals surface area contributed by atoms with Crippen molar-refractivity contribution in [2.24, 2.45) is 0 Å². The Morgan fingerprint density at radius 1 is 1.16 bits per heavy atom. The Morgan fingerprint density at radius 3 is 2.74 bits per heavy atom. The minimum atomic E-state index is 0. The van der Waals surface area contributed by atoms with Crippen LogP contribution in [0.5, 0.6) is 0 Å². The number of nitrogens with one attached hydrogen (secondary N) is 1. The number of piperazine rings is 1. The van der Waals surface area contributed by atoms with E-state index < -0.39 is 0 Å². The summed E-state index contributed by atoms with van der Waals surface area (Å²) in [7, 11) is 0. The van der Waals surface area contributed by atoms with Crippen LogP contribution in [0.15, 0.2) is 42.5 Å². The van der Waals surface area contributed by atoms with Crippen LogP contribution >= 0.6 is 12.4 Å². The van der Waals surface area contributed by atoms with E-state index in [9.17, 15) is 0 Å². The molecule has 0 saturated carbocycles. The van der Waals surface area contributed by atoms with Gasteiger partial charge in [0, 0.05) is 32.2 Å². The SMILES string of the molecule is CC1CN(Cc2ccc3ccccc3c2)CCN1.Cl. The molecule has 1 N–H and O–H groups in total. The topological polar surface area (TPSA) is 15.3 Å². The molecule has 19 heavy (non-hydrogen) atoms. The van der Waals surface area contributed by atoms with Gasteiger partial charge in [-0.3, -0.25) is 4.90 Å². The average Bonchev–Trinajstić information content (AvgIpc) is 2.39. The Balaban J connectivity index is 0.00000133. The number of benzene rings is 2. The van der Waals surface area contributed by atoms with Crippen LogP contribution in [0.1, 0.15) is 12.5 Å². The number of halogens is 1. The highest BCUT2D eigenvalue weighted by Crippen LogP contribution is 2.17. The molecule has 0 amide bonds. The normalized spacial score (nSPS) is 20.2. The lowest BCUT2D eigenvalue weighted by atomic mass is 10.1. The molecule has 1 atom stereocenters. The fraction of sp³-hybridized carbons (Fsp3) is 0.375. The first-order valence-electron chi connectivity index (χ1n) is 6.75. The average molecular weight is 277 g/mol. The molecule has 1 fully saturated rings. The summed E-state index contributed by atoms with van der Waals surface area (Å²) in [5, 5.41) is 6.16. The quantitative estimate of drug-likeness (QED) is 0.907. The molecule has 0 aromatic heterocycles. The standard InChI is InChI=1S/C16H20N2.ClH/c1-13-11-18(9-8-17-13)12-14-6-7-15-4-2-3-5-16(15)10-14;/h2-7,10,13,17H,8-9,11-12H2,1H3;1H. The van der Waals surface area contributed by atoms with Gasteiger partial charge >= 0.3 is 0 Å². The van der Waals surface area contributed by atoms with Gasteiger partial charge in [0.2, 0.25) is 0 Å². The number of hydrogen-bond acceptors (Lipinski definition) is 2. The van der Waals surface area contributed by atoms with E-state index in [2.05, 4.69) is 59.6 Å². The van der Waals surface area contributed by atoms with Gasteiger partial charge in [-0.25, -0.2) is 0 Å². The molecule has 2 nitrogen and oxygen atoms in total. The third kappa shape index (κ3) is 3.47. The van der Waals surface area contributed by atoms with Gasteiger partial charge < -0.3 is 5.32 Å². The second kappa shape index (κ2) is 6.38. The van der Waals surface area contributed by atoms with Crippen LogP contribution in [0.4, 0.5) is 0 Å². The van der Waals surface area contributed by atoms with Crippen LogP contribution in [0.2, 0.25) is 0 Å². The zero-order valence-electron chi connectivity index (χ0n) is 11.3. The van der Waals surface area contributed by atoms with Crippen molar-refractivity contribution in [2.75, 3.05) is 19.6 Å². The van der Waals surface area contributed by atoms with Crippen molar-refractivity contribution in [2.45, 2.75) is 19.5 Å². The maximum Gasteiger partial charge on any atom is 0.0235 e. The molecule has 0 radical (unpaired) electrons. The summed E-state index contributed by atoms with van der Waals surface area (Å²) in [6.45, 7) is 6.72. The summed E-state index contributed by atoms with van der Waals surface area (Å²) in [6.07, 6.45) is 0. The summed E-state index contributed by atoms with van der Waals surface area (Å²) >= 11 is 0. The maximum atomic E-state index is 3.49. The Bertz CT molecular complexity index is 541. The van der Waals surface area contributed by atoms with Gasteiger partial charge in [0.15, 0.2) is 0 Å². The van der Waals surface area contributed by atoms with E-state index in [1.807, 2.05) is 0 Å². The smallest absolute Gasteiger partial charge is 0.0235 e. The molecule has 0 spiro atoms. The van der Waals surface area contributed by atoms with E-state index in [-0.39, 0.29) is 12.4 Å². The van der Waals surface area contributed by atoms with E-state index in [1.165, 1.54) is 16.3 Å². The highest BCUT2D eigenvalue weighted by atomic mass is 35.5. The van der Waals surface area contributed by atoms with Gasteiger partial charge in [-0.2, -0.15) is 0 Å². The number of hydrogen-bond donors (Lipinski definition) is 1. The number of rotatable bonds is 2. The fourth-order valence-electron chi connectivity index (χ4n) is 2.75. The first kappa shape index (κ1) is 14.3. The maximum absolute atomic E-state index is 3.49. The molecule has 2 aromatic rings. The largest absolute Gasteiger partial charge is 0.312 e. The first-order chi connectivity index (χ1) is 8.81. The molecule has 0 bridgehead atoms. The van der Waals surface area contributed by atoms with Crippen molar-refractivity contribution < 1.29 is 0 Å². The summed E-state index contributed by atoms with van der Waals surface area (Å²) < 4.78 is 0. The van der Waals surface area contributed by atoms with E-state index >= 15 is 0 Å². The van der Waals surface area contributed by atoms with Crippen LogP contribution < -0.4 is 5.32 Å². The Hall–Kier alpha value is -1.09. The molecule has 102 valence electrons. The van der Waals surface area contributed by atoms with E-state index in [0.29, 0.717) is 6.04 Å². The molecular formula is C16H21ClN2. The molecule has 3 rings (SSSR count). The fourth-order valence-corrected chi connectivity index (χ4v) is 2.75. The van der Waals surface area contributed by atoms with Gasteiger partial charge in [0.25, 0.3) is 0 Å². The van der Waals surface area contributed by atoms with Gasteiger partial charge in [-0.15, -0.1) is 12.4 Å². The number of fused-ring (bicyclic) bond motifs is 1. The molecular weight excluding hydrogens is 256 g/mol. The molecule has 1 saturated heterocycles. The van der Waals surface area contributed by atoms with Crippen molar-refractivity contribution in [3.05, 3.63) is 48.0 Å². The third-order valence-corrected chi connectivity index (χ3v) is 3.67. The van der Waals surface area contributed by atoms with E-state index in [1.54, 1.807) is 0 Å². The van der Waals surface area contributed by atoms with Gasteiger partial charge in [0.05, 0.1) is 0 Å². The van der Waals surface area contributed by atoms with Crippen LogP contribution in [0, 0.1) is 0 Å². The first-order valence-corrected chi connectivity index (χ1v) is 6.75. The predicted octanol–water partition coefficient (Wildman–Crippen LogP) is 3.06. The van der Waals surface area contributed by atoms with Crippen molar-refractivity contribution in [1.82, 2.24) is 10.2 Å². The van der Waals surface area contributed by atoms with Crippen molar-refractivity contribution >= 4 is 23.2 Å². The summed E-state index contributed by atoms with van der Waals surface area (Å²) in [5.41, 5.74) is 1.42. The summed E-state index contributed by atoms with van der Waals surface area (Å²) in [6, 6.07) is 16.0. The van der Waals surface area contributed by atoms with Crippen molar-refractivity contribution in [1.29, 1.82) is 0 Å². The lowest BCUT2D eigenvalue weighted by Gasteiger charge is -2.31. The van der Waals surface area contributed by atoms with Crippen molar-refractivity contribution in [3.63, 3.8) is 0 Å². The van der Waals surface area contributed by atoms with Gasteiger partial charge in [0.1, 0.15) is 0 Å². The zero-order valence-corrected chi connectivity index (χ0v) is 12.1. The highest BCUT2D eigenvalue weighted by Gasteiger charge is 2.15. The molecule has 1 aliphatic rings. The van der Waals surface area contributed by atoms with Crippen LogP contribution in [0.25, 0.3) is 10.8 Å². The minimum Gasteiger partial charge on any atom is -0.312 e. The monoisotopic (exact) mass is 276 g/mol. The lowest BCUT2D eigenvalue weighted by molar-refractivity contribution is 0.200. The molecule has 1 unspecified atom stereocenters.